The third-order valence-electron chi connectivity index (χ3n) is 11.0. The number of hydrogen-bond donors (Lipinski definition) is 0. The fourth-order valence-corrected chi connectivity index (χ4v) is 8.51. The quantitative estimate of drug-likeness (QED) is 0.180. The molecule has 1 atom stereocenters. The molecule has 49 heavy (non-hydrogen) atoms. The summed E-state index contributed by atoms with van der Waals surface area (Å²) in [5, 5.41) is 7.35. The molecule has 234 valence electrons. The van der Waals surface area contributed by atoms with Crippen LogP contribution in [0.2, 0.25) is 0 Å². The number of hydrogen-bond acceptors (Lipinski definition) is 2. The van der Waals surface area contributed by atoms with Gasteiger partial charge in [-0.3, -0.25) is 0 Å². The van der Waals surface area contributed by atoms with E-state index in [1.807, 2.05) is 0 Å². The second-order valence-electron chi connectivity index (χ2n) is 14.1. The molecule has 0 saturated carbocycles. The first-order valence-corrected chi connectivity index (χ1v) is 17.3. The summed E-state index contributed by atoms with van der Waals surface area (Å²) in [4.78, 5) is 2.48. The summed E-state index contributed by atoms with van der Waals surface area (Å²) in [6, 6.07) is 50.9. The van der Waals surface area contributed by atoms with Crippen LogP contribution < -0.4 is 4.90 Å². The summed E-state index contributed by atoms with van der Waals surface area (Å²) in [5.74, 6) is 0.356. The molecular formula is C47H35NO. The van der Waals surface area contributed by atoms with Gasteiger partial charge in [0.2, 0.25) is 0 Å². The molecule has 2 aliphatic rings. The van der Waals surface area contributed by atoms with E-state index in [2.05, 4.69) is 177 Å². The van der Waals surface area contributed by atoms with Gasteiger partial charge in [0.05, 0.1) is 5.69 Å². The molecule has 0 radical (unpaired) electrons. The Morgan fingerprint density at radius 3 is 2.16 bits per heavy atom. The average molecular weight is 630 g/mol. The van der Waals surface area contributed by atoms with Gasteiger partial charge in [-0.15, -0.1) is 0 Å². The van der Waals surface area contributed by atoms with E-state index in [-0.39, 0.29) is 5.41 Å². The molecule has 0 N–H and O–H groups in total. The molecule has 1 unspecified atom stereocenters. The van der Waals surface area contributed by atoms with Crippen molar-refractivity contribution in [3.05, 3.63) is 180 Å². The van der Waals surface area contributed by atoms with Crippen LogP contribution in [0.4, 0.5) is 11.4 Å². The number of furan rings is 1. The standard InChI is InChI=1S/C47H35NO/c1-47(2)41-26-24-34(29-40(41)45-42(47)27-25-39-38-18-10-11-19-44(38)49-46(39)45)48(33-22-20-31(21-23-33)30-12-4-3-5-13-30)43-28-32-14-6-7-15-35(32)36-16-8-9-17-37(36)43/h3-20,22-29,31H,21H2,1-2H3. The van der Waals surface area contributed by atoms with Crippen molar-refractivity contribution in [3.63, 3.8) is 0 Å². The van der Waals surface area contributed by atoms with Gasteiger partial charge in [-0.1, -0.05) is 141 Å². The molecule has 1 aromatic heterocycles. The Morgan fingerprint density at radius 2 is 1.35 bits per heavy atom. The summed E-state index contributed by atoms with van der Waals surface area (Å²) in [6.45, 7) is 4.69. The van der Waals surface area contributed by atoms with Crippen LogP contribution in [0.25, 0.3) is 54.6 Å². The minimum absolute atomic E-state index is 0.149. The van der Waals surface area contributed by atoms with E-state index < -0.39 is 0 Å². The fourth-order valence-electron chi connectivity index (χ4n) is 8.51. The van der Waals surface area contributed by atoms with Crippen molar-refractivity contribution in [1.82, 2.24) is 0 Å². The van der Waals surface area contributed by atoms with Crippen molar-refractivity contribution < 1.29 is 4.42 Å². The van der Waals surface area contributed by atoms with Gasteiger partial charge in [0, 0.05) is 44.4 Å². The second-order valence-corrected chi connectivity index (χ2v) is 14.1. The Balaban J connectivity index is 1.21. The second kappa shape index (κ2) is 10.6. The van der Waals surface area contributed by atoms with E-state index in [4.69, 9.17) is 4.42 Å². The first-order valence-electron chi connectivity index (χ1n) is 17.3. The highest BCUT2D eigenvalue weighted by molar-refractivity contribution is 6.15. The van der Waals surface area contributed by atoms with Gasteiger partial charge < -0.3 is 9.32 Å². The van der Waals surface area contributed by atoms with Crippen LogP contribution in [0.5, 0.6) is 0 Å². The lowest BCUT2D eigenvalue weighted by atomic mass is 9.82. The summed E-state index contributed by atoms with van der Waals surface area (Å²) in [6.07, 6.45) is 8.07. The number of benzene rings is 7. The van der Waals surface area contributed by atoms with Crippen LogP contribution in [0, 0.1) is 0 Å². The van der Waals surface area contributed by atoms with Crippen molar-refractivity contribution in [3.8, 4) is 11.1 Å². The molecule has 0 aliphatic heterocycles. The van der Waals surface area contributed by atoms with Gasteiger partial charge in [-0.2, -0.15) is 0 Å². The predicted molar refractivity (Wildman–Crippen MR) is 206 cm³/mol. The van der Waals surface area contributed by atoms with Gasteiger partial charge >= 0.3 is 0 Å². The van der Waals surface area contributed by atoms with E-state index in [1.165, 1.54) is 66.1 Å². The zero-order valence-electron chi connectivity index (χ0n) is 27.7. The maximum atomic E-state index is 6.67. The summed E-state index contributed by atoms with van der Waals surface area (Å²) in [7, 11) is 0. The zero-order valence-corrected chi connectivity index (χ0v) is 27.7. The number of nitrogens with zero attached hydrogens (tertiary/aromatic N) is 1. The van der Waals surface area contributed by atoms with E-state index in [1.54, 1.807) is 0 Å². The van der Waals surface area contributed by atoms with Crippen molar-refractivity contribution in [2.45, 2.75) is 31.6 Å². The molecule has 1 heterocycles. The summed E-state index contributed by atoms with van der Waals surface area (Å²) < 4.78 is 6.67. The number of allylic oxidation sites excluding steroid dienone is 3. The molecule has 2 aliphatic carbocycles. The Bertz CT molecular complexity index is 2670. The summed E-state index contributed by atoms with van der Waals surface area (Å²) >= 11 is 0. The fraction of sp³-hybridized carbons (Fsp3) is 0.106. The maximum Gasteiger partial charge on any atom is 0.143 e. The van der Waals surface area contributed by atoms with Crippen LogP contribution in [0.15, 0.2) is 168 Å². The normalized spacial score (nSPS) is 16.3. The molecule has 0 spiro atoms. The number of rotatable bonds is 4. The summed E-state index contributed by atoms with van der Waals surface area (Å²) in [5.41, 5.74) is 11.7. The molecule has 8 aromatic rings. The lowest BCUT2D eigenvalue weighted by Crippen LogP contribution is -2.18. The van der Waals surface area contributed by atoms with Crippen molar-refractivity contribution >= 4 is 54.9 Å². The van der Waals surface area contributed by atoms with Gasteiger partial charge in [0.1, 0.15) is 11.2 Å². The van der Waals surface area contributed by atoms with Gasteiger partial charge in [-0.05, 0) is 75.2 Å². The average Bonchev–Trinajstić information content (AvgIpc) is 3.64. The minimum Gasteiger partial charge on any atom is -0.455 e. The zero-order chi connectivity index (χ0) is 32.7. The molecule has 0 saturated heterocycles. The van der Waals surface area contributed by atoms with Gasteiger partial charge in [0.25, 0.3) is 0 Å². The Labute approximate surface area is 286 Å². The lowest BCUT2D eigenvalue weighted by molar-refractivity contribution is 0.653. The third-order valence-corrected chi connectivity index (χ3v) is 11.0. The van der Waals surface area contributed by atoms with Crippen molar-refractivity contribution in [2.75, 3.05) is 4.90 Å². The monoisotopic (exact) mass is 629 g/mol. The Hall–Kier alpha value is -5.86. The smallest absolute Gasteiger partial charge is 0.143 e. The molecule has 0 amide bonds. The van der Waals surface area contributed by atoms with Crippen molar-refractivity contribution in [1.29, 1.82) is 0 Å². The maximum absolute atomic E-state index is 6.67. The molecule has 2 nitrogen and oxygen atoms in total. The number of para-hydroxylation sites is 1. The number of anilines is 2. The van der Waals surface area contributed by atoms with E-state index in [0.717, 1.165) is 28.7 Å². The van der Waals surface area contributed by atoms with E-state index in [0.29, 0.717) is 5.92 Å². The highest BCUT2D eigenvalue weighted by atomic mass is 16.3. The topological polar surface area (TPSA) is 16.4 Å². The SMILES string of the molecule is CC1(C)c2ccc(N(C3=CCC(c4ccccc4)C=C3)c3cc4ccccc4c4ccccc34)cc2-c2c1ccc1c2oc2ccccc21. The van der Waals surface area contributed by atoms with Crippen LogP contribution in [0.3, 0.4) is 0 Å². The third kappa shape index (κ3) is 4.20. The highest BCUT2D eigenvalue weighted by Gasteiger charge is 2.38. The van der Waals surface area contributed by atoms with Crippen LogP contribution in [-0.4, -0.2) is 0 Å². The largest absolute Gasteiger partial charge is 0.455 e. The number of fused-ring (bicyclic) bond motifs is 10. The van der Waals surface area contributed by atoms with Crippen LogP contribution in [-0.2, 0) is 5.41 Å². The highest BCUT2D eigenvalue weighted by Crippen LogP contribution is 2.54. The van der Waals surface area contributed by atoms with Crippen LogP contribution in [0.1, 0.15) is 42.9 Å². The molecule has 7 aromatic carbocycles. The van der Waals surface area contributed by atoms with Gasteiger partial charge in [0.15, 0.2) is 0 Å². The van der Waals surface area contributed by atoms with Crippen LogP contribution >= 0.6 is 0 Å². The molecular weight excluding hydrogens is 595 g/mol. The van der Waals surface area contributed by atoms with Gasteiger partial charge in [-0.25, -0.2) is 0 Å². The first-order chi connectivity index (χ1) is 24.1. The lowest BCUT2D eigenvalue weighted by Gasteiger charge is -2.31. The van der Waals surface area contributed by atoms with E-state index >= 15 is 0 Å². The minimum atomic E-state index is -0.149. The Kier molecular flexibility index (Phi) is 6.08. The van der Waals surface area contributed by atoms with Crippen molar-refractivity contribution in [2.24, 2.45) is 0 Å². The van der Waals surface area contributed by atoms with E-state index in [9.17, 15) is 0 Å². The molecule has 0 fully saturated rings. The predicted octanol–water partition coefficient (Wildman–Crippen LogP) is 13.0. The Morgan fingerprint density at radius 1 is 0.633 bits per heavy atom. The molecule has 10 rings (SSSR count). The molecule has 0 bridgehead atoms. The first kappa shape index (κ1) is 28.2. The molecule has 2 heteroatoms.